The minimum absolute atomic E-state index is 0.114. The van der Waals surface area contributed by atoms with Crippen molar-refractivity contribution in [3.63, 3.8) is 0 Å². The number of rotatable bonds is 4. The van der Waals surface area contributed by atoms with Crippen molar-refractivity contribution in [3.8, 4) is 0 Å². The van der Waals surface area contributed by atoms with Crippen molar-refractivity contribution >= 4 is 23.6 Å². The normalized spacial score (nSPS) is 10.7. The second-order valence-corrected chi connectivity index (χ2v) is 4.82. The molecule has 0 amide bonds. The van der Waals surface area contributed by atoms with E-state index in [9.17, 15) is 9.59 Å². The number of hydrogen-bond donors (Lipinski definition) is 0. The van der Waals surface area contributed by atoms with Crippen LogP contribution in [0.2, 0.25) is 0 Å². The quantitative estimate of drug-likeness (QED) is 0.490. The van der Waals surface area contributed by atoms with Crippen LogP contribution in [0.25, 0.3) is 11.6 Å². The maximum Gasteiger partial charge on any atom is 0.386 e. The number of benzene rings is 2. The molecule has 0 saturated carbocycles. The molecule has 0 radical (unpaired) electrons. The molecule has 4 nitrogen and oxygen atoms in total. The van der Waals surface area contributed by atoms with E-state index in [0.717, 1.165) is 5.56 Å². The maximum absolute atomic E-state index is 11.8. The van der Waals surface area contributed by atoms with Crippen LogP contribution in [0.4, 0.5) is 0 Å². The van der Waals surface area contributed by atoms with E-state index in [1.54, 1.807) is 37.3 Å². The Morgan fingerprint density at radius 3 is 2.00 bits per heavy atom. The summed E-state index contributed by atoms with van der Waals surface area (Å²) >= 11 is 0. The largest absolute Gasteiger partial charge is 0.386 e. The first-order valence-corrected chi connectivity index (χ1v) is 6.99. The second-order valence-electron chi connectivity index (χ2n) is 4.82. The average molecular weight is 308 g/mol. The summed E-state index contributed by atoms with van der Waals surface area (Å²) in [7, 11) is 0. The van der Waals surface area contributed by atoms with Crippen molar-refractivity contribution in [2.45, 2.75) is 6.92 Å². The Balaban J connectivity index is 1.92. The second kappa shape index (κ2) is 7.75. The molecule has 0 fully saturated rings. The van der Waals surface area contributed by atoms with Crippen molar-refractivity contribution in [1.82, 2.24) is 0 Å². The highest BCUT2D eigenvalue weighted by molar-refractivity contribution is 6.15. The summed E-state index contributed by atoms with van der Waals surface area (Å²) in [5.41, 5.74) is 1.88. The minimum Gasteiger partial charge on any atom is -0.242 e. The first-order chi connectivity index (χ1) is 11.1. The van der Waals surface area contributed by atoms with Crippen LogP contribution in [-0.2, 0) is 19.4 Å². The average Bonchev–Trinajstić information content (AvgIpc) is 2.60. The molecule has 2 aromatic rings. The van der Waals surface area contributed by atoms with Gasteiger partial charge in [0, 0.05) is 5.57 Å². The van der Waals surface area contributed by atoms with Crippen LogP contribution in [0, 0.1) is 0 Å². The lowest BCUT2D eigenvalue weighted by atomic mass is 10.1. The lowest BCUT2D eigenvalue weighted by Crippen LogP contribution is -2.12. The lowest BCUT2D eigenvalue weighted by Gasteiger charge is -2.05. The molecule has 4 heteroatoms. The zero-order valence-electron chi connectivity index (χ0n) is 12.7. The summed E-state index contributed by atoms with van der Waals surface area (Å²) in [5.74, 6) is -1.54. The van der Waals surface area contributed by atoms with Gasteiger partial charge < -0.3 is 0 Å². The van der Waals surface area contributed by atoms with Crippen molar-refractivity contribution in [1.29, 1.82) is 0 Å². The molecule has 0 spiro atoms. The first-order valence-electron chi connectivity index (χ1n) is 6.99. The smallest absolute Gasteiger partial charge is 0.242 e. The zero-order chi connectivity index (χ0) is 16.7. The Labute approximate surface area is 134 Å². The van der Waals surface area contributed by atoms with E-state index in [1.807, 2.05) is 36.4 Å². The molecule has 0 aromatic heterocycles. The van der Waals surface area contributed by atoms with Gasteiger partial charge in [0.2, 0.25) is 0 Å². The molecule has 0 aliphatic heterocycles. The monoisotopic (exact) mass is 308 g/mol. The number of carbonyl (C=O) groups excluding carboxylic acids is 2. The molecule has 0 N–H and O–H groups in total. The van der Waals surface area contributed by atoms with Crippen LogP contribution in [0.15, 0.2) is 72.8 Å². The van der Waals surface area contributed by atoms with Crippen molar-refractivity contribution < 1.29 is 19.4 Å². The molecule has 116 valence electrons. The third-order valence-corrected chi connectivity index (χ3v) is 3.07. The van der Waals surface area contributed by atoms with Crippen LogP contribution < -0.4 is 0 Å². The molecule has 0 aliphatic carbocycles. The van der Waals surface area contributed by atoms with Gasteiger partial charge in [0.15, 0.2) is 0 Å². The SMILES string of the molecule is C=C(C(=O)OOC(=O)/C(C)=C/c1ccccc1)c1ccccc1. The summed E-state index contributed by atoms with van der Waals surface area (Å²) in [5, 5.41) is 0. The van der Waals surface area contributed by atoms with Gasteiger partial charge in [-0.05, 0) is 24.1 Å². The highest BCUT2D eigenvalue weighted by atomic mass is 17.2. The van der Waals surface area contributed by atoms with E-state index >= 15 is 0 Å². The highest BCUT2D eigenvalue weighted by Crippen LogP contribution is 2.14. The molecular formula is C19H16O4. The minimum atomic E-state index is -0.808. The predicted octanol–water partition coefficient (Wildman–Crippen LogP) is 3.80. The summed E-state index contributed by atoms with van der Waals surface area (Å²) < 4.78 is 0. The van der Waals surface area contributed by atoms with E-state index in [-0.39, 0.29) is 5.57 Å². The lowest BCUT2D eigenvalue weighted by molar-refractivity contribution is -0.250. The zero-order valence-corrected chi connectivity index (χ0v) is 12.7. The van der Waals surface area contributed by atoms with E-state index < -0.39 is 11.9 Å². The van der Waals surface area contributed by atoms with Gasteiger partial charge in [0.05, 0.1) is 5.57 Å². The molecule has 0 aliphatic rings. The Morgan fingerprint density at radius 2 is 1.39 bits per heavy atom. The van der Waals surface area contributed by atoms with Gasteiger partial charge >= 0.3 is 11.9 Å². The molecular weight excluding hydrogens is 292 g/mol. The summed E-state index contributed by atoms with van der Waals surface area (Å²) in [6.07, 6.45) is 1.64. The summed E-state index contributed by atoms with van der Waals surface area (Å²) in [6, 6.07) is 18.1. The summed E-state index contributed by atoms with van der Waals surface area (Å²) in [4.78, 5) is 32.7. The van der Waals surface area contributed by atoms with E-state index in [1.165, 1.54) is 0 Å². The van der Waals surface area contributed by atoms with Crippen molar-refractivity contribution in [3.05, 3.63) is 83.9 Å². The third-order valence-electron chi connectivity index (χ3n) is 3.07. The van der Waals surface area contributed by atoms with Gasteiger partial charge in [0.25, 0.3) is 0 Å². The van der Waals surface area contributed by atoms with Gasteiger partial charge in [-0.3, -0.25) is 0 Å². The number of carbonyl (C=O) groups is 2. The van der Waals surface area contributed by atoms with E-state index in [4.69, 9.17) is 0 Å². The fourth-order valence-electron chi connectivity index (χ4n) is 1.81. The van der Waals surface area contributed by atoms with Gasteiger partial charge in [-0.1, -0.05) is 67.2 Å². The van der Waals surface area contributed by atoms with E-state index in [2.05, 4.69) is 16.4 Å². The Kier molecular flexibility index (Phi) is 5.47. The van der Waals surface area contributed by atoms with Gasteiger partial charge in [-0.15, -0.1) is 0 Å². The van der Waals surface area contributed by atoms with Crippen LogP contribution >= 0.6 is 0 Å². The van der Waals surface area contributed by atoms with Crippen LogP contribution in [0.3, 0.4) is 0 Å². The molecule has 2 aromatic carbocycles. The van der Waals surface area contributed by atoms with Crippen molar-refractivity contribution in [2.75, 3.05) is 0 Å². The van der Waals surface area contributed by atoms with Crippen LogP contribution in [0.5, 0.6) is 0 Å². The molecule has 2 rings (SSSR count). The van der Waals surface area contributed by atoms with Crippen LogP contribution in [-0.4, -0.2) is 11.9 Å². The Hall–Kier alpha value is -3.14. The molecule has 0 bridgehead atoms. The van der Waals surface area contributed by atoms with Crippen molar-refractivity contribution in [2.24, 2.45) is 0 Å². The van der Waals surface area contributed by atoms with Gasteiger partial charge in [-0.2, -0.15) is 0 Å². The Morgan fingerprint density at radius 1 is 0.870 bits per heavy atom. The maximum atomic E-state index is 11.8. The Bertz CT molecular complexity index is 730. The number of hydrogen-bond acceptors (Lipinski definition) is 4. The fourth-order valence-corrected chi connectivity index (χ4v) is 1.81. The standard InChI is InChI=1S/C19H16O4/c1-14(13-16-9-5-3-6-10-16)18(20)22-23-19(21)15(2)17-11-7-4-8-12-17/h3-13H,2H2,1H3/b14-13+. The topological polar surface area (TPSA) is 52.6 Å². The molecule has 0 heterocycles. The third kappa shape index (κ3) is 4.68. The molecule has 23 heavy (non-hydrogen) atoms. The highest BCUT2D eigenvalue weighted by Gasteiger charge is 2.15. The van der Waals surface area contributed by atoms with Gasteiger partial charge in [-0.25, -0.2) is 19.4 Å². The molecule has 0 saturated heterocycles. The molecule has 0 unspecified atom stereocenters. The van der Waals surface area contributed by atoms with Gasteiger partial charge in [0.1, 0.15) is 0 Å². The van der Waals surface area contributed by atoms with E-state index in [0.29, 0.717) is 11.1 Å². The first kappa shape index (κ1) is 16.2. The fraction of sp³-hybridized carbons (Fsp3) is 0.0526. The molecule has 0 atom stereocenters. The summed E-state index contributed by atoms with van der Waals surface area (Å²) in [6.45, 7) is 5.21. The predicted molar refractivity (Wildman–Crippen MR) is 87.8 cm³/mol. The van der Waals surface area contributed by atoms with Crippen LogP contribution in [0.1, 0.15) is 18.1 Å².